The second-order valence-electron chi connectivity index (χ2n) is 4.31. The lowest BCUT2D eigenvalue weighted by molar-refractivity contribution is 0.294. The van der Waals surface area contributed by atoms with Crippen molar-refractivity contribution in [3.8, 4) is 0 Å². The van der Waals surface area contributed by atoms with Crippen LogP contribution in [0.3, 0.4) is 0 Å². The first-order valence-corrected chi connectivity index (χ1v) is 6.56. The highest BCUT2D eigenvalue weighted by atomic mass is 35.5. The third kappa shape index (κ3) is 1.70. The number of fused-ring (bicyclic) bond motifs is 1. The number of hydrogen-bond donors (Lipinski definition) is 0. The number of nitrogens with zero attached hydrogens (tertiary/aromatic N) is 4. The molecule has 0 amide bonds. The van der Waals surface area contributed by atoms with Gasteiger partial charge in [-0.05, 0) is 37.3 Å². The summed E-state index contributed by atoms with van der Waals surface area (Å²) in [4.78, 5) is 8.27. The number of halogens is 2. The Morgan fingerprint density at radius 2 is 2.06 bits per heavy atom. The number of aromatic nitrogens is 4. The van der Waals surface area contributed by atoms with Crippen molar-refractivity contribution in [3.63, 3.8) is 0 Å². The molecule has 0 atom stereocenters. The number of hydrogen-bond acceptors (Lipinski definition) is 3. The van der Waals surface area contributed by atoms with E-state index in [-0.39, 0.29) is 5.28 Å². The molecule has 0 spiro atoms. The van der Waals surface area contributed by atoms with Crippen LogP contribution in [0.2, 0.25) is 10.4 Å². The molecule has 2 aromatic heterocycles. The molecule has 6 heteroatoms. The highest BCUT2D eigenvalue weighted by Gasteiger charge is 2.25. The molecular weight excluding hydrogens is 259 g/mol. The molecular formula is C11H12Cl2N4. The van der Waals surface area contributed by atoms with Gasteiger partial charge in [-0.2, -0.15) is 10.1 Å². The van der Waals surface area contributed by atoms with E-state index < -0.39 is 0 Å². The fraction of sp³-hybridized carbons (Fsp3) is 0.545. The molecule has 1 fully saturated rings. The van der Waals surface area contributed by atoms with Crippen molar-refractivity contribution >= 4 is 34.2 Å². The topological polar surface area (TPSA) is 43.6 Å². The Kier molecular flexibility index (Phi) is 2.71. The summed E-state index contributed by atoms with van der Waals surface area (Å²) in [7, 11) is 0. The summed E-state index contributed by atoms with van der Waals surface area (Å²) in [6, 6.07) is 0.444. The molecule has 0 bridgehead atoms. The maximum atomic E-state index is 6.14. The van der Waals surface area contributed by atoms with Gasteiger partial charge in [-0.15, -0.1) is 0 Å². The summed E-state index contributed by atoms with van der Waals surface area (Å²) in [6.07, 6.45) is 4.37. The zero-order chi connectivity index (χ0) is 12.0. The zero-order valence-corrected chi connectivity index (χ0v) is 11.0. The lowest BCUT2D eigenvalue weighted by Gasteiger charge is -2.25. The van der Waals surface area contributed by atoms with Gasteiger partial charge in [0.25, 0.3) is 0 Å². The van der Waals surface area contributed by atoms with Gasteiger partial charge in [0, 0.05) is 0 Å². The Bertz CT molecular complexity index is 574. The van der Waals surface area contributed by atoms with Crippen molar-refractivity contribution in [2.45, 2.75) is 38.6 Å². The summed E-state index contributed by atoms with van der Waals surface area (Å²) in [5.74, 6) is 0. The molecule has 90 valence electrons. The van der Waals surface area contributed by atoms with Gasteiger partial charge in [-0.25, -0.2) is 9.67 Å². The average Bonchev–Trinajstić information content (AvgIpc) is 2.55. The van der Waals surface area contributed by atoms with Crippen LogP contribution in [0.1, 0.15) is 37.9 Å². The van der Waals surface area contributed by atoms with Gasteiger partial charge >= 0.3 is 0 Å². The van der Waals surface area contributed by atoms with E-state index in [1.807, 2.05) is 4.68 Å². The molecule has 1 saturated carbocycles. The first kappa shape index (κ1) is 11.2. The van der Waals surface area contributed by atoms with E-state index in [1.54, 1.807) is 0 Å². The summed E-state index contributed by atoms with van der Waals surface area (Å²) in [6.45, 7) is 2.05. The summed E-state index contributed by atoms with van der Waals surface area (Å²) in [5.41, 5.74) is 1.73. The molecule has 0 aromatic carbocycles. The van der Waals surface area contributed by atoms with Crippen LogP contribution in [0.5, 0.6) is 0 Å². The highest BCUT2D eigenvalue weighted by Crippen LogP contribution is 2.35. The Morgan fingerprint density at radius 1 is 1.29 bits per heavy atom. The maximum Gasteiger partial charge on any atom is 0.225 e. The minimum Gasteiger partial charge on any atom is -0.244 e. The highest BCUT2D eigenvalue weighted by molar-refractivity contribution is 6.35. The molecule has 0 radical (unpaired) electrons. The summed E-state index contributed by atoms with van der Waals surface area (Å²) < 4.78 is 1.97. The van der Waals surface area contributed by atoms with Gasteiger partial charge in [-0.3, -0.25) is 0 Å². The minimum absolute atomic E-state index is 0.186. The van der Waals surface area contributed by atoms with Crippen molar-refractivity contribution in [2.75, 3.05) is 0 Å². The predicted molar refractivity (Wildman–Crippen MR) is 67.6 cm³/mol. The SMILES string of the molecule is CCc1nn(C2CCC2)c2nc(Cl)nc(Cl)c12. The van der Waals surface area contributed by atoms with E-state index >= 15 is 0 Å². The van der Waals surface area contributed by atoms with Crippen LogP contribution >= 0.6 is 23.2 Å². The van der Waals surface area contributed by atoms with E-state index in [2.05, 4.69) is 22.0 Å². The lowest BCUT2D eigenvalue weighted by atomic mass is 9.93. The molecule has 0 aliphatic heterocycles. The van der Waals surface area contributed by atoms with Gasteiger partial charge in [0.15, 0.2) is 5.65 Å². The van der Waals surface area contributed by atoms with Gasteiger partial charge in [0.1, 0.15) is 5.15 Å². The van der Waals surface area contributed by atoms with Crippen molar-refractivity contribution in [1.82, 2.24) is 19.7 Å². The molecule has 1 aliphatic carbocycles. The fourth-order valence-corrected chi connectivity index (χ4v) is 2.65. The van der Waals surface area contributed by atoms with Gasteiger partial charge in [0.05, 0.1) is 17.1 Å². The molecule has 3 rings (SSSR count). The molecule has 0 N–H and O–H groups in total. The van der Waals surface area contributed by atoms with Crippen molar-refractivity contribution in [2.24, 2.45) is 0 Å². The molecule has 17 heavy (non-hydrogen) atoms. The van der Waals surface area contributed by atoms with Crippen molar-refractivity contribution in [1.29, 1.82) is 0 Å². The van der Waals surface area contributed by atoms with E-state index in [0.717, 1.165) is 36.0 Å². The Balaban J connectivity index is 2.28. The summed E-state index contributed by atoms with van der Waals surface area (Å²) in [5, 5.41) is 6.05. The average molecular weight is 271 g/mol. The van der Waals surface area contributed by atoms with Crippen LogP contribution in [0.4, 0.5) is 0 Å². The van der Waals surface area contributed by atoms with Gasteiger partial charge < -0.3 is 0 Å². The van der Waals surface area contributed by atoms with Crippen LogP contribution < -0.4 is 0 Å². The zero-order valence-electron chi connectivity index (χ0n) is 9.45. The normalized spacial score (nSPS) is 16.4. The third-order valence-electron chi connectivity index (χ3n) is 3.31. The Morgan fingerprint density at radius 3 is 2.65 bits per heavy atom. The Hall–Kier alpha value is -0.870. The van der Waals surface area contributed by atoms with E-state index in [9.17, 15) is 0 Å². The summed E-state index contributed by atoms with van der Waals surface area (Å²) >= 11 is 12.0. The largest absolute Gasteiger partial charge is 0.244 e. The molecule has 4 nitrogen and oxygen atoms in total. The number of rotatable bonds is 2. The second kappa shape index (κ2) is 4.10. The molecule has 0 unspecified atom stereocenters. The molecule has 1 aliphatic rings. The van der Waals surface area contributed by atoms with Crippen molar-refractivity contribution in [3.05, 3.63) is 16.1 Å². The van der Waals surface area contributed by atoms with E-state index in [4.69, 9.17) is 23.2 Å². The van der Waals surface area contributed by atoms with Crippen molar-refractivity contribution < 1.29 is 0 Å². The van der Waals surface area contributed by atoms with Gasteiger partial charge in [0.2, 0.25) is 5.28 Å². The first-order chi connectivity index (χ1) is 8.20. The van der Waals surface area contributed by atoms with Crippen LogP contribution in [-0.4, -0.2) is 19.7 Å². The first-order valence-electron chi connectivity index (χ1n) is 5.80. The fourth-order valence-electron chi connectivity index (χ4n) is 2.17. The predicted octanol–water partition coefficient (Wildman–Crippen LogP) is 3.42. The Labute approximate surface area is 109 Å². The second-order valence-corrected chi connectivity index (χ2v) is 5.01. The number of aryl methyl sites for hydroxylation is 1. The lowest BCUT2D eigenvalue weighted by Crippen LogP contribution is -2.18. The maximum absolute atomic E-state index is 6.14. The van der Waals surface area contributed by atoms with Crippen LogP contribution in [0.15, 0.2) is 0 Å². The third-order valence-corrected chi connectivity index (χ3v) is 3.75. The molecule has 0 saturated heterocycles. The van der Waals surface area contributed by atoms with Crippen LogP contribution in [0.25, 0.3) is 11.0 Å². The van der Waals surface area contributed by atoms with Gasteiger partial charge in [-0.1, -0.05) is 18.5 Å². The molecule has 2 aromatic rings. The van der Waals surface area contributed by atoms with E-state index in [1.165, 1.54) is 6.42 Å². The van der Waals surface area contributed by atoms with Crippen LogP contribution in [0, 0.1) is 0 Å². The smallest absolute Gasteiger partial charge is 0.225 e. The standard InChI is InChI=1S/C11H12Cl2N4/c1-2-7-8-9(12)14-11(13)15-10(8)17(16-7)6-4-3-5-6/h6H,2-5H2,1H3. The van der Waals surface area contributed by atoms with Crippen LogP contribution in [-0.2, 0) is 6.42 Å². The quantitative estimate of drug-likeness (QED) is 0.621. The minimum atomic E-state index is 0.186. The van der Waals surface area contributed by atoms with E-state index in [0.29, 0.717) is 11.2 Å². The molecule has 2 heterocycles. The monoisotopic (exact) mass is 270 g/mol.